The first-order valence-corrected chi connectivity index (χ1v) is 18.0. The number of ether oxygens (including phenoxy) is 2. The lowest BCUT2D eigenvalue weighted by Crippen LogP contribution is -2.16. The van der Waals surface area contributed by atoms with Gasteiger partial charge in [-0.3, -0.25) is 0 Å². The molecule has 0 saturated heterocycles. The van der Waals surface area contributed by atoms with Gasteiger partial charge in [0.05, 0.1) is 0 Å². The number of carbonyl (C=O) groups excluding carboxylic acids is 1. The second-order valence-corrected chi connectivity index (χ2v) is 13.3. The Morgan fingerprint density at radius 2 is 0.977 bits per heavy atom. The molecule has 3 nitrogen and oxygen atoms in total. The van der Waals surface area contributed by atoms with Gasteiger partial charge in [-0.15, -0.1) is 0 Å². The molecule has 3 heteroatoms. The summed E-state index contributed by atoms with van der Waals surface area (Å²) in [6.07, 6.45) is 23.7. The molecule has 2 aromatic rings. The molecule has 0 bridgehead atoms. The van der Waals surface area contributed by atoms with E-state index in [1.807, 2.05) is 30.3 Å². The van der Waals surface area contributed by atoms with Crippen LogP contribution in [0, 0.1) is 0 Å². The van der Waals surface area contributed by atoms with Crippen molar-refractivity contribution in [3.63, 3.8) is 0 Å². The normalized spacial score (nSPS) is 12.2. The summed E-state index contributed by atoms with van der Waals surface area (Å²) in [5.74, 6) is 2.26. The highest BCUT2D eigenvalue weighted by Gasteiger charge is 2.19. The molecular formula is C40H64O3. The van der Waals surface area contributed by atoms with E-state index in [1.165, 1.54) is 121 Å². The Balaban J connectivity index is 1.82. The van der Waals surface area contributed by atoms with Crippen LogP contribution >= 0.6 is 0 Å². The number of hydrogen-bond acceptors (Lipinski definition) is 3. The smallest absolute Gasteiger partial charge is 0.395 e. The molecule has 0 radical (unpaired) electrons. The zero-order valence-electron chi connectivity index (χ0n) is 28.7. The average Bonchev–Trinajstić information content (AvgIpc) is 2.99. The average molecular weight is 593 g/mol. The van der Waals surface area contributed by atoms with E-state index in [1.54, 1.807) is 0 Å². The summed E-state index contributed by atoms with van der Waals surface area (Å²) in [4.78, 5) is 12.8. The van der Waals surface area contributed by atoms with E-state index >= 15 is 0 Å². The standard InChI is InChI=1S/C40H64O3/c1-7-9-11-12-13-14-15-16-17-18-19-20-22-25-34(24-21-10-8-2)35-28-30-36(31-29-35)42-40(41)43-39-37(32(3)4)26-23-27-38(39)33(5)6/h23,26-34H,7-22,24-25H2,1-6H3. The van der Waals surface area contributed by atoms with Crippen LogP contribution in [0.1, 0.15) is 192 Å². The van der Waals surface area contributed by atoms with E-state index in [-0.39, 0.29) is 11.8 Å². The third kappa shape index (κ3) is 14.8. The fraction of sp³-hybridized carbons (Fsp3) is 0.675. The van der Waals surface area contributed by atoms with Crippen molar-refractivity contribution in [2.45, 2.75) is 175 Å². The molecule has 0 spiro atoms. The van der Waals surface area contributed by atoms with Crippen LogP contribution in [0.2, 0.25) is 0 Å². The summed E-state index contributed by atoms with van der Waals surface area (Å²) in [6.45, 7) is 13.0. The Bertz CT molecular complexity index is 965. The van der Waals surface area contributed by atoms with Gasteiger partial charge in [-0.2, -0.15) is 0 Å². The van der Waals surface area contributed by atoms with Gasteiger partial charge >= 0.3 is 6.16 Å². The van der Waals surface area contributed by atoms with Gasteiger partial charge in [0, 0.05) is 0 Å². The molecule has 0 aliphatic rings. The van der Waals surface area contributed by atoms with Crippen molar-refractivity contribution >= 4 is 6.16 Å². The van der Waals surface area contributed by atoms with Gasteiger partial charge in [-0.1, -0.05) is 175 Å². The summed E-state index contributed by atoms with van der Waals surface area (Å²) in [5.41, 5.74) is 3.42. The van der Waals surface area contributed by atoms with E-state index < -0.39 is 6.16 Å². The molecule has 0 aliphatic heterocycles. The van der Waals surface area contributed by atoms with Gasteiger partial charge < -0.3 is 9.47 Å². The fourth-order valence-electron chi connectivity index (χ4n) is 6.14. The Morgan fingerprint density at radius 3 is 1.44 bits per heavy atom. The predicted molar refractivity (Wildman–Crippen MR) is 185 cm³/mol. The second kappa shape index (κ2) is 22.3. The minimum atomic E-state index is -0.672. The minimum Gasteiger partial charge on any atom is -0.395 e. The second-order valence-electron chi connectivity index (χ2n) is 13.3. The Morgan fingerprint density at radius 1 is 0.558 bits per heavy atom. The SMILES string of the molecule is CCCCCCCCCCCCCCCC(CCCCC)c1ccc(OC(=O)Oc2c(C(C)C)cccc2C(C)C)cc1. The Hall–Kier alpha value is -2.29. The zero-order valence-corrected chi connectivity index (χ0v) is 28.7. The van der Waals surface area contributed by atoms with Crippen molar-refractivity contribution in [2.24, 2.45) is 0 Å². The summed E-state index contributed by atoms with van der Waals surface area (Å²) >= 11 is 0. The number of hydrogen-bond donors (Lipinski definition) is 0. The van der Waals surface area contributed by atoms with Crippen molar-refractivity contribution in [3.8, 4) is 11.5 Å². The summed E-state index contributed by atoms with van der Waals surface area (Å²) in [5, 5.41) is 0. The molecule has 2 aromatic carbocycles. The largest absolute Gasteiger partial charge is 0.519 e. The fourth-order valence-corrected chi connectivity index (χ4v) is 6.14. The lowest BCUT2D eigenvalue weighted by Gasteiger charge is -2.19. The van der Waals surface area contributed by atoms with Crippen molar-refractivity contribution in [2.75, 3.05) is 0 Å². The van der Waals surface area contributed by atoms with Gasteiger partial charge in [0.1, 0.15) is 11.5 Å². The number of rotatable bonds is 23. The van der Waals surface area contributed by atoms with E-state index in [2.05, 4.69) is 53.7 Å². The third-order valence-electron chi connectivity index (χ3n) is 8.87. The molecular weight excluding hydrogens is 528 g/mol. The maximum absolute atomic E-state index is 12.8. The van der Waals surface area contributed by atoms with E-state index in [0.29, 0.717) is 17.4 Å². The molecule has 2 rings (SSSR count). The van der Waals surface area contributed by atoms with Crippen LogP contribution in [0.5, 0.6) is 11.5 Å². The Labute approximate surface area is 265 Å². The van der Waals surface area contributed by atoms with Gasteiger partial charge in [-0.05, 0) is 59.4 Å². The van der Waals surface area contributed by atoms with Gasteiger partial charge in [-0.25, -0.2) is 4.79 Å². The van der Waals surface area contributed by atoms with Crippen LogP contribution in [-0.4, -0.2) is 6.16 Å². The molecule has 0 aliphatic carbocycles. The molecule has 43 heavy (non-hydrogen) atoms. The van der Waals surface area contributed by atoms with Crippen molar-refractivity contribution in [1.29, 1.82) is 0 Å². The number of unbranched alkanes of at least 4 members (excludes halogenated alkanes) is 14. The van der Waals surface area contributed by atoms with Crippen LogP contribution in [0.15, 0.2) is 42.5 Å². The molecule has 0 heterocycles. The number of para-hydroxylation sites is 1. The van der Waals surface area contributed by atoms with Crippen molar-refractivity contribution in [1.82, 2.24) is 0 Å². The lowest BCUT2D eigenvalue weighted by atomic mass is 9.88. The first-order chi connectivity index (χ1) is 20.9. The maximum atomic E-state index is 12.8. The van der Waals surface area contributed by atoms with Crippen LogP contribution in [0.25, 0.3) is 0 Å². The van der Waals surface area contributed by atoms with Gasteiger partial charge in [0.15, 0.2) is 0 Å². The molecule has 0 amide bonds. The van der Waals surface area contributed by atoms with E-state index in [0.717, 1.165) is 11.1 Å². The van der Waals surface area contributed by atoms with E-state index in [9.17, 15) is 4.79 Å². The third-order valence-corrected chi connectivity index (χ3v) is 8.87. The number of carbonyl (C=O) groups is 1. The molecule has 0 saturated carbocycles. The summed E-state index contributed by atoms with van der Waals surface area (Å²) in [6, 6.07) is 14.3. The quantitative estimate of drug-likeness (QED) is 0.0731. The first kappa shape index (κ1) is 36.9. The topological polar surface area (TPSA) is 35.5 Å². The summed E-state index contributed by atoms with van der Waals surface area (Å²) in [7, 11) is 0. The van der Waals surface area contributed by atoms with Crippen molar-refractivity contribution < 1.29 is 14.3 Å². The maximum Gasteiger partial charge on any atom is 0.519 e. The number of benzene rings is 2. The molecule has 1 atom stereocenters. The molecule has 1 unspecified atom stereocenters. The monoisotopic (exact) mass is 592 g/mol. The van der Waals surface area contributed by atoms with E-state index in [4.69, 9.17) is 9.47 Å². The highest BCUT2D eigenvalue weighted by atomic mass is 16.7. The molecule has 0 aromatic heterocycles. The van der Waals surface area contributed by atoms with Crippen LogP contribution < -0.4 is 9.47 Å². The highest BCUT2D eigenvalue weighted by molar-refractivity contribution is 5.69. The summed E-state index contributed by atoms with van der Waals surface area (Å²) < 4.78 is 11.5. The predicted octanol–water partition coefficient (Wildman–Crippen LogP) is 13.7. The molecule has 242 valence electrons. The molecule has 0 N–H and O–H groups in total. The van der Waals surface area contributed by atoms with Gasteiger partial charge in [0.25, 0.3) is 0 Å². The van der Waals surface area contributed by atoms with Crippen LogP contribution in [0.3, 0.4) is 0 Å². The first-order valence-electron chi connectivity index (χ1n) is 18.0. The zero-order chi connectivity index (χ0) is 31.3. The van der Waals surface area contributed by atoms with Gasteiger partial charge in [0.2, 0.25) is 0 Å². The van der Waals surface area contributed by atoms with Crippen LogP contribution in [-0.2, 0) is 0 Å². The van der Waals surface area contributed by atoms with Crippen molar-refractivity contribution in [3.05, 3.63) is 59.2 Å². The lowest BCUT2D eigenvalue weighted by molar-refractivity contribution is 0.150. The Kier molecular flexibility index (Phi) is 19.1. The minimum absolute atomic E-state index is 0.250. The molecule has 0 fully saturated rings. The highest BCUT2D eigenvalue weighted by Crippen LogP contribution is 2.35. The van der Waals surface area contributed by atoms with Crippen LogP contribution in [0.4, 0.5) is 4.79 Å².